The predicted molar refractivity (Wildman–Crippen MR) is 186 cm³/mol. The standard InChI is InChI=1S/C10H8N2.2C2H3N.6CNS.Co.Cr.4H3N/c1-3-7-11-9(5-1)10-6-2-4-8-12-10;2*1-2-3;6*2-1-3;;;;;;/h1-8H;2*1H3;;;;;;;;;4*1H3/q;;;6*-1;+3;+5;;;;. The Labute approximate surface area is 299 Å². The van der Waals surface area contributed by atoms with Crippen LogP contribution in [0, 0.1) is 22.7 Å². The Morgan fingerprint density at radius 1 is 0.524 bits per heavy atom. The van der Waals surface area contributed by atoms with Crippen molar-refractivity contribution in [3.63, 3.8) is 0 Å². The fraction of sp³-hybridized carbons (Fsp3) is 0.100. The summed E-state index contributed by atoms with van der Waals surface area (Å²) in [7, 11) is 0. The molecule has 12 N–H and O–H groups in total. The molecular weight excluding hydrogens is 740 g/mol. The summed E-state index contributed by atoms with van der Waals surface area (Å²) in [5, 5.41) is 65.4. The molecule has 22 heteroatoms. The number of rotatable bonds is 1. The molecule has 225 valence electrons. The molecule has 0 atom stereocenters. The summed E-state index contributed by atoms with van der Waals surface area (Å²) in [5.74, 6) is 0. The number of thiocarbonyl (C=S) groups is 6. The van der Waals surface area contributed by atoms with Gasteiger partial charge in [0.05, 0.1) is 23.5 Å². The van der Waals surface area contributed by atoms with Crippen LogP contribution >= 0.6 is 73.3 Å². The molecule has 14 nitrogen and oxygen atoms in total. The third-order valence-electron chi connectivity index (χ3n) is 1.59. The van der Waals surface area contributed by atoms with Gasteiger partial charge < -0.3 is 57.1 Å². The Morgan fingerprint density at radius 2 is 0.667 bits per heavy atom. The third-order valence-corrected chi connectivity index (χ3v) is 1.59. The van der Waals surface area contributed by atoms with Gasteiger partial charge in [0.1, 0.15) is 0 Å². The molecular formula is C20H26CoCrN14S6+2. The number of hydrogen-bond acceptors (Lipinski definition) is 14. The summed E-state index contributed by atoms with van der Waals surface area (Å²) in [6, 6.07) is 15.1. The topological polar surface area (TPSA) is 347 Å². The van der Waals surface area contributed by atoms with Gasteiger partial charge >= 0.3 is 34.1 Å². The molecule has 0 bridgehead atoms. The Morgan fingerprint density at radius 3 is 0.762 bits per heavy atom. The first-order valence-electron chi connectivity index (χ1n) is 7.80. The van der Waals surface area contributed by atoms with E-state index in [0.29, 0.717) is 0 Å². The predicted octanol–water partition coefficient (Wildman–Crippen LogP) is 7.80. The first-order chi connectivity index (χ1) is 17.3. The minimum absolute atomic E-state index is 0. The molecule has 0 aliphatic carbocycles. The van der Waals surface area contributed by atoms with Gasteiger partial charge in [-0.15, -0.1) is 0 Å². The Kier molecular flexibility index (Phi) is 234. The second-order valence-corrected chi connectivity index (χ2v) is 4.52. The van der Waals surface area contributed by atoms with Crippen LogP contribution in [0.3, 0.4) is 0 Å². The zero-order chi connectivity index (χ0) is 29.9. The Hall–Kier alpha value is -3.04. The van der Waals surface area contributed by atoms with Crippen LogP contribution in [0.5, 0.6) is 0 Å². The van der Waals surface area contributed by atoms with Crippen LogP contribution < -0.4 is 24.6 Å². The van der Waals surface area contributed by atoms with Gasteiger partial charge in [0.25, 0.3) is 0 Å². The van der Waals surface area contributed by atoms with Crippen molar-refractivity contribution >= 4 is 104 Å². The van der Waals surface area contributed by atoms with Crippen molar-refractivity contribution in [3.8, 4) is 23.5 Å². The van der Waals surface area contributed by atoms with E-state index >= 15 is 0 Å². The Balaban J connectivity index is -0.0000000222. The molecule has 2 aromatic rings. The van der Waals surface area contributed by atoms with E-state index in [-0.39, 0.29) is 58.7 Å². The largest absolute Gasteiger partial charge is 5.00 e. The molecule has 0 aliphatic heterocycles. The fourth-order valence-corrected chi connectivity index (χ4v) is 1.03. The zero-order valence-electron chi connectivity index (χ0n) is 22.1. The molecule has 42 heavy (non-hydrogen) atoms. The van der Waals surface area contributed by atoms with E-state index in [1.807, 2.05) is 36.4 Å². The van der Waals surface area contributed by atoms with E-state index in [1.165, 1.54) is 44.8 Å². The summed E-state index contributed by atoms with van der Waals surface area (Å²) in [6.45, 7) is 2.86. The van der Waals surface area contributed by atoms with Gasteiger partial charge in [0, 0.05) is 26.2 Å². The van der Waals surface area contributed by atoms with Crippen molar-refractivity contribution in [1.82, 2.24) is 34.6 Å². The smallest absolute Gasteiger partial charge is 0.753 e. The minimum Gasteiger partial charge on any atom is -0.753 e. The second kappa shape index (κ2) is 118. The van der Waals surface area contributed by atoms with Gasteiger partial charge in [-0.3, -0.25) is 9.97 Å². The van der Waals surface area contributed by atoms with Gasteiger partial charge in [0.2, 0.25) is 0 Å². The fourth-order valence-electron chi connectivity index (χ4n) is 1.03. The molecule has 2 heterocycles. The Bertz CT molecular complexity index is 890. The zero-order valence-corrected chi connectivity index (χ0v) is 29.3. The summed E-state index contributed by atoms with van der Waals surface area (Å²) < 4.78 is 0. The molecule has 0 aliphatic rings. The van der Waals surface area contributed by atoms with Gasteiger partial charge in [-0.2, -0.15) is 41.5 Å². The van der Waals surface area contributed by atoms with Gasteiger partial charge in [-0.05, 0) is 24.3 Å². The first-order valence-corrected chi connectivity index (χ1v) is 10.3. The van der Waals surface area contributed by atoms with Crippen LogP contribution in [-0.2, 0) is 34.1 Å². The van der Waals surface area contributed by atoms with Crippen molar-refractivity contribution in [1.29, 1.82) is 10.5 Å². The summed E-state index contributed by atoms with van der Waals surface area (Å²) in [5.41, 5.74) is 1.83. The van der Waals surface area contributed by atoms with E-state index < -0.39 is 0 Å². The van der Waals surface area contributed by atoms with E-state index in [2.05, 4.69) is 83.3 Å². The average Bonchev–Trinajstić information content (AvgIpc) is 2.84. The number of hydrogen-bond donors (Lipinski definition) is 4. The van der Waals surface area contributed by atoms with Crippen molar-refractivity contribution in [2.24, 2.45) is 0 Å². The van der Waals surface area contributed by atoms with Crippen molar-refractivity contribution in [2.75, 3.05) is 0 Å². The number of pyridine rings is 2. The molecule has 0 fully saturated rings. The molecule has 1 radical (unpaired) electrons. The SMILES string of the molecule is CC#N.CC#N.N.N.N.N.[Co+3].[Cr+5].[N-]=C=S.[N-]=C=S.[N-]=C=S.[N-]=C=S.[N-]=C=S.[N-]=C=S.c1ccc(-c2ccccn2)nc1. The molecule has 0 saturated carbocycles. The monoisotopic (exact) mass is 765 g/mol. The normalized spacial score (nSPS) is 4.29. The molecule has 0 aromatic carbocycles. The average molecular weight is 766 g/mol. The van der Waals surface area contributed by atoms with Crippen molar-refractivity contribution < 1.29 is 34.1 Å². The quantitative estimate of drug-likeness (QED) is 0.159. The summed E-state index contributed by atoms with van der Waals surface area (Å²) >= 11 is 22.2. The van der Waals surface area contributed by atoms with Gasteiger partial charge in [-0.25, -0.2) is 0 Å². The maximum Gasteiger partial charge on any atom is 5.00 e. The second-order valence-electron chi connectivity index (χ2n) is 3.42. The number of nitrogens with zero attached hydrogens (tertiary/aromatic N) is 10. The van der Waals surface area contributed by atoms with E-state index in [1.54, 1.807) is 24.5 Å². The summed E-state index contributed by atoms with van der Waals surface area (Å²) in [6.07, 6.45) is 3.54. The number of aromatic nitrogens is 2. The van der Waals surface area contributed by atoms with Crippen LogP contribution in [0.4, 0.5) is 0 Å². The van der Waals surface area contributed by atoms with E-state index in [0.717, 1.165) is 11.4 Å². The molecule has 0 unspecified atom stereocenters. The van der Waals surface area contributed by atoms with Crippen LogP contribution in [0.1, 0.15) is 13.8 Å². The number of isothiocyanates is 6. The maximum absolute atomic E-state index is 7.32. The van der Waals surface area contributed by atoms with Gasteiger partial charge in [0.15, 0.2) is 0 Å². The van der Waals surface area contributed by atoms with Crippen molar-refractivity contribution in [3.05, 3.63) is 81.2 Å². The molecule has 2 aromatic heterocycles. The van der Waals surface area contributed by atoms with E-state index in [4.69, 9.17) is 43.0 Å². The summed E-state index contributed by atoms with van der Waals surface area (Å²) in [4.78, 5) is 8.37. The van der Waals surface area contributed by atoms with Crippen LogP contribution in [0.25, 0.3) is 43.8 Å². The minimum atomic E-state index is 0. The first kappa shape index (κ1) is 83.3. The molecule has 2 rings (SSSR count). The van der Waals surface area contributed by atoms with Gasteiger partial charge in [-0.1, -0.05) is 85.4 Å². The number of nitriles is 2. The molecule has 0 amide bonds. The van der Waals surface area contributed by atoms with Crippen LogP contribution in [-0.4, -0.2) is 40.9 Å². The maximum atomic E-state index is 7.32. The molecule has 0 saturated heterocycles. The van der Waals surface area contributed by atoms with E-state index in [9.17, 15) is 0 Å². The third kappa shape index (κ3) is 166. The van der Waals surface area contributed by atoms with Crippen LogP contribution in [0.2, 0.25) is 0 Å². The van der Waals surface area contributed by atoms with Crippen molar-refractivity contribution in [2.45, 2.75) is 13.8 Å². The molecule has 0 spiro atoms. The van der Waals surface area contributed by atoms with Crippen LogP contribution in [0.15, 0.2) is 48.8 Å².